The van der Waals surface area contributed by atoms with Gasteiger partial charge in [0.05, 0.1) is 5.41 Å². The molecule has 0 saturated heterocycles. The maximum Gasteiger partial charge on any atom is 0.140 e. The molecule has 3 aromatic rings. The lowest BCUT2D eigenvalue weighted by atomic mass is 9.84. The van der Waals surface area contributed by atoms with Crippen molar-refractivity contribution in [2.24, 2.45) is 0 Å². The van der Waals surface area contributed by atoms with Crippen molar-refractivity contribution in [2.45, 2.75) is 29.5 Å². The molecular formula is C24H20Cl3O. The maximum absolute atomic E-state index is 6.88. The fourth-order valence-corrected chi connectivity index (χ4v) is 5.16. The monoisotopic (exact) mass is 429 g/mol. The van der Waals surface area contributed by atoms with E-state index in [-0.39, 0.29) is 0 Å². The second-order valence-corrected chi connectivity index (χ2v) is 8.77. The summed E-state index contributed by atoms with van der Waals surface area (Å²) in [5, 5.41) is 0.687. The molecule has 0 aromatic heterocycles. The predicted molar refractivity (Wildman–Crippen MR) is 118 cm³/mol. The molecular weight excluding hydrogens is 411 g/mol. The third kappa shape index (κ3) is 3.20. The van der Waals surface area contributed by atoms with Crippen molar-refractivity contribution in [3.05, 3.63) is 101 Å². The van der Waals surface area contributed by atoms with Crippen LogP contribution >= 0.6 is 34.8 Å². The van der Waals surface area contributed by atoms with Gasteiger partial charge in [-0.3, -0.25) is 0 Å². The van der Waals surface area contributed by atoms with Crippen LogP contribution in [-0.2, 0) is 5.41 Å². The molecule has 1 fully saturated rings. The van der Waals surface area contributed by atoms with Crippen molar-refractivity contribution in [3.8, 4) is 11.5 Å². The highest BCUT2D eigenvalue weighted by Gasteiger charge is 2.77. The fourth-order valence-electron chi connectivity index (χ4n) is 3.99. The van der Waals surface area contributed by atoms with E-state index in [2.05, 4.69) is 13.0 Å². The molecule has 1 aliphatic carbocycles. The summed E-state index contributed by atoms with van der Waals surface area (Å²) in [7, 11) is 0. The van der Waals surface area contributed by atoms with Gasteiger partial charge in [0.2, 0.25) is 0 Å². The molecule has 0 N–H and O–H groups in total. The Morgan fingerprint density at radius 1 is 0.786 bits per heavy atom. The van der Waals surface area contributed by atoms with Crippen LogP contribution in [0.2, 0.25) is 5.02 Å². The van der Waals surface area contributed by atoms with Crippen molar-refractivity contribution in [1.82, 2.24) is 0 Å². The van der Waals surface area contributed by atoms with Gasteiger partial charge in [-0.05, 0) is 53.9 Å². The predicted octanol–water partition coefficient (Wildman–Crippen LogP) is 7.98. The van der Waals surface area contributed by atoms with Crippen LogP contribution in [0.1, 0.15) is 30.9 Å². The second-order valence-electron chi connectivity index (χ2n) is 7.00. The highest BCUT2D eigenvalue weighted by molar-refractivity contribution is 6.55. The number of halogens is 3. The third-order valence-electron chi connectivity index (χ3n) is 5.26. The summed E-state index contributed by atoms with van der Waals surface area (Å²) >= 11 is 19.9. The number of ether oxygens (including phenoxy) is 1. The van der Waals surface area contributed by atoms with E-state index in [1.807, 2.05) is 72.8 Å². The minimum atomic E-state index is -0.956. The second kappa shape index (κ2) is 7.63. The van der Waals surface area contributed by atoms with Gasteiger partial charge in [0, 0.05) is 10.9 Å². The van der Waals surface area contributed by atoms with E-state index < -0.39 is 9.75 Å². The summed E-state index contributed by atoms with van der Waals surface area (Å²) in [5.74, 6) is 2.66. The van der Waals surface area contributed by atoms with Crippen LogP contribution in [0.4, 0.5) is 0 Å². The Labute approximate surface area is 181 Å². The minimum Gasteiger partial charge on any atom is -0.457 e. The zero-order valence-electron chi connectivity index (χ0n) is 15.5. The zero-order chi connectivity index (χ0) is 19.8. The molecule has 143 valence electrons. The molecule has 1 atom stereocenters. The molecule has 4 rings (SSSR count). The number of alkyl halides is 2. The number of rotatable bonds is 6. The first-order chi connectivity index (χ1) is 13.5. The zero-order valence-corrected chi connectivity index (χ0v) is 17.7. The number of para-hydroxylation sites is 1. The van der Waals surface area contributed by atoms with Crippen LogP contribution < -0.4 is 4.74 Å². The lowest BCUT2D eigenvalue weighted by Crippen LogP contribution is -2.17. The Morgan fingerprint density at radius 2 is 1.46 bits per heavy atom. The van der Waals surface area contributed by atoms with Crippen molar-refractivity contribution in [3.63, 3.8) is 0 Å². The molecule has 1 nitrogen and oxygen atoms in total. The molecule has 0 bridgehead atoms. The molecule has 0 aliphatic heterocycles. The van der Waals surface area contributed by atoms with E-state index >= 15 is 0 Å². The van der Waals surface area contributed by atoms with E-state index in [4.69, 9.17) is 39.5 Å². The van der Waals surface area contributed by atoms with E-state index in [9.17, 15) is 0 Å². The Bertz CT molecular complexity index is 953. The van der Waals surface area contributed by atoms with Gasteiger partial charge >= 0.3 is 0 Å². The summed E-state index contributed by atoms with van der Waals surface area (Å²) in [4.78, 5) is 0. The maximum atomic E-state index is 6.88. The van der Waals surface area contributed by atoms with Crippen molar-refractivity contribution < 1.29 is 4.74 Å². The largest absolute Gasteiger partial charge is 0.457 e. The Balaban J connectivity index is 1.78. The minimum absolute atomic E-state index is 0.563. The van der Waals surface area contributed by atoms with E-state index in [0.29, 0.717) is 5.02 Å². The van der Waals surface area contributed by atoms with E-state index in [0.717, 1.165) is 41.4 Å². The number of hydrogen-bond donors (Lipinski definition) is 0. The lowest BCUT2D eigenvalue weighted by molar-refractivity contribution is 0.481. The first-order valence-electron chi connectivity index (χ1n) is 9.34. The molecule has 1 radical (unpaired) electrons. The number of hydrogen-bond acceptors (Lipinski definition) is 1. The van der Waals surface area contributed by atoms with Crippen LogP contribution in [0, 0.1) is 5.92 Å². The van der Waals surface area contributed by atoms with E-state index in [1.165, 1.54) is 0 Å². The van der Waals surface area contributed by atoms with Gasteiger partial charge < -0.3 is 4.74 Å². The molecule has 28 heavy (non-hydrogen) atoms. The van der Waals surface area contributed by atoms with Crippen LogP contribution in [0.3, 0.4) is 0 Å². The standard InChI is InChI=1S/C24H20Cl3O/c1-2-7-22-23(24(22,26)27,17-12-14-19(25)15-13-17)18-8-6-11-21(16-18)28-20-9-4-3-5-10-20/h3-6,8-16H,2,7H2,1H3. The molecule has 1 unspecified atom stereocenters. The molecule has 4 heteroatoms. The van der Waals surface area contributed by atoms with Crippen LogP contribution in [-0.4, -0.2) is 4.33 Å². The molecule has 0 amide bonds. The van der Waals surface area contributed by atoms with Crippen LogP contribution in [0.15, 0.2) is 78.9 Å². The topological polar surface area (TPSA) is 9.23 Å². The molecule has 1 aliphatic rings. The van der Waals surface area contributed by atoms with Gasteiger partial charge in [0.15, 0.2) is 0 Å². The summed E-state index contributed by atoms with van der Waals surface area (Å²) in [6.45, 7) is 2.14. The summed E-state index contributed by atoms with van der Waals surface area (Å²) in [5.41, 5.74) is 1.51. The Morgan fingerprint density at radius 3 is 2.14 bits per heavy atom. The smallest absolute Gasteiger partial charge is 0.140 e. The molecule has 0 spiro atoms. The van der Waals surface area contributed by atoms with Crippen molar-refractivity contribution in [1.29, 1.82) is 0 Å². The van der Waals surface area contributed by atoms with Crippen molar-refractivity contribution in [2.75, 3.05) is 0 Å². The fraction of sp³-hybridized carbons (Fsp3) is 0.208. The molecule has 0 heterocycles. The van der Waals surface area contributed by atoms with Gasteiger partial charge in [-0.2, -0.15) is 0 Å². The molecule has 1 saturated carbocycles. The highest BCUT2D eigenvalue weighted by Crippen LogP contribution is 2.75. The normalized spacial score (nSPS) is 20.7. The Hall–Kier alpha value is -1.67. The van der Waals surface area contributed by atoms with Gasteiger partial charge in [0.25, 0.3) is 0 Å². The summed E-state index contributed by atoms with van der Waals surface area (Å²) in [6, 6.07) is 25.5. The van der Waals surface area contributed by atoms with Crippen molar-refractivity contribution >= 4 is 34.8 Å². The average molecular weight is 431 g/mol. The summed E-state index contributed by atoms with van der Waals surface area (Å²) in [6.07, 6.45) is 1.84. The summed E-state index contributed by atoms with van der Waals surface area (Å²) < 4.78 is 5.09. The molecule has 3 aromatic carbocycles. The first-order valence-corrected chi connectivity index (χ1v) is 10.5. The van der Waals surface area contributed by atoms with Gasteiger partial charge in [-0.1, -0.05) is 90.6 Å². The SMILES string of the molecule is CCC[C]1C(Cl)(Cl)C1(c1ccc(Cl)cc1)c1cccc(Oc2ccccc2)c1. The van der Waals surface area contributed by atoms with Gasteiger partial charge in [0.1, 0.15) is 15.8 Å². The third-order valence-corrected chi connectivity index (χ3v) is 6.54. The highest BCUT2D eigenvalue weighted by atomic mass is 35.5. The van der Waals surface area contributed by atoms with Crippen LogP contribution in [0.5, 0.6) is 11.5 Å². The Kier molecular flexibility index (Phi) is 5.35. The first kappa shape index (κ1) is 19.6. The number of benzene rings is 3. The van der Waals surface area contributed by atoms with Gasteiger partial charge in [-0.25, -0.2) is 0 Å². The van der Waals surface area contributed by atoms with Gasteiger partial charge in [-0.15, -0.1) is 0 Å². The lowest BCUT2D eigenvalue weighted by Gasteiger charge is -2.21. The average Bonchev–Trinajstić information content (AvgIpc) is 3.19. The van der Waals surface area contributed by atoms with Crippen LogP contribution in [0.25, 0.3) is 0 Å². The van der Waals surface area contributed by atoms with E-state index in [1.54, 1.807) is 0 Å². The quantitative estimate of drug-likeness (QED) is 0.360.